The highest BCUT2D eigenvalue weighted by molar-refractivity contribution is 6.00. The third kappa shape index (κ3) is 3.59. The van der Waals surface area contributed by atoms with Crippen molar-refractivity contribution in [1.29, 1.82) is 0 Å². The number of carbonyl (C=O) groups excluding carboxylic acids is 2. The van der Waals surface area contributed by atoms with Gasteiger partial charge in [0.1, 0.15) is 0 Å². The summed E-state index contributed by atoms with van der Waals surface area (Å²) in [5.41, 5.74) is 9.76. The van der Waals surface area contributed by atoms with Crippen LogP contribution in [0.25, 0.3) is 11.1 Å². The van der Waals surface area contributed by atoms with Crippen LogP contribution < -0.4 is 5.73 Å². The Morgan fingerprint density at radius 1 is 1.07 bits per heavy atom. The number of ketones is 1. The lowest BCUT2D eigenvalue weighted by atomic mass is 9.65. The molecule has 2 aromatic carbocycles. The molecule has 0 radical (unpaired) electrons. The predicted molar refractivity (Wildman–Crippen MR) is 115 cm³/mol. The summed E-state index contributed by atoms with van der Waals surface area (Å²) in [4.78, 5) is 27.5. The molecule has 1 saturated heterocycles. The van der Waals surface area contributed by atoms with Crippen molar-refractivity contribution in [2.75, 3.05) is 13.1 Å². The molecular formula is C25H28N2O2. The molecular weight excluding hydrogens is 360 g/mol. The maximum atomic E-state index is 13.2. The van der Waals surface area contributed by atoms with Crippen molar-refractivity contribution in [1.82, 2.24) is 4.90 Å². The lowest BCUT2D eigenvalue weighted by Gasteiger charge is -2.39. The summed E-state index contributed by atoms with van der Waals surface area (Å²) in [6.45, 7) is 7.26. The minimum absolute atomic E-state index is 0.0127. The molecule has 0 bridgehead atoms. The second kappa shape index (κ2) is 6.87. The van der Waals surface area contributed by atoms with Crippen LogP contribution in [0.1, 0.15) is 42.6 Å². The molecule has 0 saturated carbocycles. The van der Waals surface area contributed by atoms with Crippen molar-refractivity contribution in [2.24, 2.45) is 16.6 Å². The normalized spacial score (nSPS) is 23.3. The second-order valence-corrected chi connectivity index (χ2v) is 9.28. The first-order valence-electron chi connectivity index (χ1n) is 10.2. The van der Waals surface area contributed by atoms with Gasteiger partial charge in [-0.25, -0.2) is 0 Å². The second-order valence-electron chi connectivity index (χ2n) is 9.28. The van der Waals surface area contributed by atoms with E-state index in [2.05, 4.69) is 31.2 Å². The summed E-state index contributed by atoms with van der Waals surface area (Å²) < 4.78 is 0. The van der Waals surface area contributed by atoms with Gasteiger partial charge in [-0.2, -0.15) is 0 Å². The lowest BCUT2D eigenvalue weighted by Crippen LogP contribution is -2.42. The Bertz CT molecular complexity index is 1000. The Labute approximate surface area is 172 Å². The number of hydrogen-bond acceptors (Lipinski definition) is 3. The van der Waals surface area contributed by atoms with Gasteiger partial charge in [-0.3, -0.25) is 9.59 Å². The van der Waals surface area contributed by atoms with Crippen LogP contribution in [0.3, 0.4) is 0 Å². The zero-order valence-corrected chi connectivity index (χ0v) is 17.4. The summed E-state index contributed by atoms with van der Waals surface area (Å²) in [7, 11) is 0. The summed E-state index contributed by atoms with van der Waals surface area (Å²) in [5, 5.41) is 0. The fourth-order valence-corrected chi connectivity index (χ4v) is 4.89. The Morgan fingerprint density at radius 3 is 2.48 bits per heavy atom. The minimum atomic E-state index is -0.483. The Morgan fingerprint density at radius 2 is 1.79 bits per heavy atom. The maximum Gasteiger partial charge on any atom is 0.253 e. The molecule has 4 nitrogen and oxygen atoms in total. The molecule has 29 heavy (non-hydrogen) atoms. The van der Waals surface area contributed by atoms with E-state index < -0.39 is 5.41 Å². The van der Waals surface area contributed by atoms with Gasteiger partial charge in [0.2, 0.25) is 0 Å². The summed E-state index contributed by atoms with van der Waals surface area (Å²) >= 11 is 0. The van der Waals surface area contributed by atoms with Gasteiger partial charge in [-0.05, 0) is 49.1 Å². The standard InChI is InChI=1S/C25H28N2O2/c1-17-7-9-18(10-8-17)19-5-4-6-20(13-19)23(29)27-12-11-25(16-27)14-21(26)22(28)24(2,3)15-25/h4-10,13-14H,11-12,15-16,26H2,1-3H3/t25-/m1/s1. The predicted octanol–water partition coefficient (Wildman–Crippen LogP) is 4.34. The average Bonchev–Trinajstić information content (AvgIpc) is 3.09. The number of carbonyl (C=O) groups is 2. The number of benzene rings is 2. The first kappa shape index (κ1) is 19.4. The molecule has 0 unspecified atom stereocenters. The van der Waals surface area contributed by atoms with E-state index in [4.69, 9.17) is 5.73 Å². The number of allylic oxidation sites excluding steroid dienone is 1. The van der Waals surface area contributed by atoms with Crippen LogP contribution in [0, 0.1) is 17.8 Å². The molecule has 1 amide bonds. The van der Waals surface area contributed by atoms with Crippen molar-refractivity contribution in [3.8, 4) is 11.1 Å². The van der Waals surface area contributed by atoms with E-state index in [0.29, 0.717) is 24.4 Å². The quantitative estimate of drug-likeness (QED) is 0.833. The SMILES string of the molecule is Cc1ccc(-c2cccc(C(=O)N3CC[C@]4(C=C(N)C(=O)C(C)(C)C4)C3)c2)cc1. The van der Waals surface area contributed by atoms with Gasteiger partial charge < -0.3 is 10.6 Å². The topological polar surface area (TPSA) is 63.4 Å². The van der Waals surface area contributed by atoms with E-state index in [1.807, 2.05) is 49.1 Å². The monoisotopic (exact) mass is 388 g/mol. The van der Waals surface area contributed by atoms with E-state index in [0.717, 1.165) is 24.0 Å². The lowest BCUT2D eigenvalue weighted by molar-refractivity contribution is -0.125. The molecule has 1 aliphatic carbocycles. The number of rotatable bonds is 2. The van der Waals surface area contributed by atoms with Gasteiger partial charge in [0, 0.05) is 29.5 Å². The number of nitrogens with two attached hydrogens (primary N) is 1. The molecule has 2 aromatic rings. The Kier molecular flexibility index (Phi) is 4.60. The number of hydrogen-bond donors (Lipinski definition) is 1. The van der Waals surface area contributed by atoms with E-state index in [-0.39, 0.29) is 17.1 Å². The number of aryl methyl sites for hydroxylation is 1. The molecule has 0 aromatic heterocycles. The zero-order chi connectivity index (χ0) is 20.8. The number of Topliss-reactive ketones (excluding diaryl/α,β-unsaturated/α-hetero) is 1. The summed E-state index contributed by atoms with van der Waals surface area (Å²) in [6, 6.07) is 16.1. The van der Waals surface area contributed by atoms with Crippen LogP contribution in [0.5, 0.6) is 0 Å². The van der Waals surface area contributed by atoms with Crippen molar-refractivity contribution < 1.29 is 9.59 Å². The summed E-state index contributed by atoms with van der Waals surface area (Å²) in [6.07, 6.45) is 3.48. The maximum absolute atomic E-state index is 13.2. The fraction of sp³-hybridized carbons (Fsp3) is 0.360. The van der Waals surface area contributed by atoms with Crippen molar-refractivity contribution in [3.63, 3.8) is 0 Å². The van der Waals surface area contributed by atoms with E-state index >= 15 is 0 Å². The van der Waals surface area contributed by atoms with Crippen molar-refractivity contribution >= 4 is 11.7 Å². The molecule has 1 spiro atoms. The van der Waals surface area contributed by atoms with Gasteiger partial charge in [0.15, 0.2) is 5.78 Å². The first-order valence-corrected chi connectivity index (χ1v) is 10.2. The van der Waals surface area contributed by atoms with Crippen molar-refractivity contribution in [2.45, 2.75) is 33.6 Å². The smallest absolute Gasteiger partial charge is 0.253 e. The number of amides is 1. The molecule has 1 aliphatic heterocycles. The van der Waals surface area contributed by atoms with Gasteiger partial charge in [-0.1, -0.05) is 55.8 Å². The molecule has 150 valence electrons. The fourth-order valence-electron chi connectivity index (χ4n) is 4.89. The van der Waals surface area contributed by atoms with Crippen LogP contribution in [-0.4, -0.2) is 29.7 Å². The highest BCUT2D eigenvalue weighted by Gasteiger charge is 2.48. The van der Waals surface area contributed by atoms with Crippen LogP contribution >= 0.6 is 0 Å². The molecule has 1 heterocycles. The van der Waals surface area contributed by atoms with Gasteiger partial charge >= 0.3 is 0 Å². The summed E-state index contributed by atoms with van der Waals surface area (Å²) in [5.74, 6) is 0.0521. The molecule has 1 atom stereocenters. The minimum Gasteiger partial charge on any atom is -0.396 e. The van der Waals surface area contributed by atoms with Gasteiger partial charge in [0.25, 0.3) is 5.91 Å². The van der Waals surface area contributed by atoms with E-state index in [1.54, 1.807) is 0 Å². The molecule has 4 heteroatoms. The van der Waals surface area contributed by atoms with Crippen LogP contribution in [0.15, 0.2) is 60.3 Å². The van der Waals surface area contributed by atoms with E-state index in [9.17, 15) is 9.59 Å². The van der Waals surface area contributed by atoms with Crippen LogP contribution in [0.2, 0.25) is 0 Å². The average molecular weight is 389 g/mol. The molecule has 4 rings (SSSR count). The molecule has 2 N–H and O–H groups in total. The van der Waals surface area contributed by atoms with Gasteiger partial charge in [0.05, 0.1) is 5.70 Å². The van der Waals surface area contributed by atoms with Crippen LogP contribution in [-0.2, 0) is 4.79 Å². The molecule has 2 aliphatic rings. The molecule has 1 fully saturated rings. The van der Waals surface area contributed by atoms with E-state index in [1.165, 1.54) is 5.56 Å². The largest absolute Gasteiger partial charge is 0.396 e. The van der Waals surface area contributed by atoms with Crippen molar-refractivity contribution in [3.05, 3.63) is 71.4 Å². The Hall–Kier alpha value is -2.88. The number of nitrogens with zero attached hydrogens (tertiary/aromatic N) is 1. The highest BCUT2D eigenvalue weighted by Crippen LogP contribution is 2.47. The Balaban J connectivity index is 1.57. The van der Waals surface area contributed by atoms with Crippen LogP contribution in [0.4, 0.5) is 0 Å². The first-order chi connectivity index (χ1) is 13.7. The third-order valence-electron chi connectivity index (χ3n) is 6.30. The zero-order valence-electron chi connectivity index (χ0n) is 17.4. The van der Waals surface area contributed by atoms with Gasteiger partial charge in [-0.15, -0.1) is 0 Å². The third-order valence-corrected chi connectivity index (χ3v) is 6.30. The highest BCUT2D eigenvalue weighted by atomic mass is 16.2. The number of likely N-dealkylation sites (tertiary alicyclic amines) is 1.